The first kappa shape index (κ1) is 15.3. The van der Waals surface area contributed by atoms with Crippen LogP contribution in [0, 0.1) is 0 Å². The minimum Gasteiger partial charge on any atom is -0.459 e. The van der Waals surface area contributed by atoms with E-state index < -0.39 is 0 Å². The second-order valence-electron chi connectivity index (χ2n) is 5.64. The summed E-state index contributed by atoms with van der Waals surface area (Å²) in [6.45, 7) is 0. The van der Waals surface area contributed by atoms with Gasteiger partial charge in [0.1, 0.15) is 17.6 Å². The van der Waals surface area contributed by atoms with Gasteiger partial charge in [0.2, 0.25) is 0 Å². The maximum Gasteiger partial charge on any atom is 0.135 e. The minimum atomic E-state index is 0.0203. The summed E-state index contributed by atoms with van der Waals surface area (Å²) in [5, 5.41) is 5.67. The molecule has 1 aliphatic rings. The zero-order valence-electron chi connectivity index (χ0n) is 12.7. The normalized spacial score (nSPS) is 16.8. The first-order chi connectivity index (χ1) is 11.7. The number of furan rings is 1. The highest BCUT2D eigenvalue weighted by Gasteiger charge is 2.24. The Bertz CT molecular complexity index is 903. The molecule has 1 N–H and O–H groups in total. The van der Waals surface area contributed by atoms with Crippen LogP contribution in [0.15, 0.2) is 70.2 Å². The van der Waals surface area contributed by atoms with Gasteiger partial charge in [-0.2, -0.15) is 5.10 Å². The van der Waals surface area contributed by atoms with Gasteiger partial charge in [-0.1, -0.05) is 53.5 Å². The van der Waals surface area contributed by atoms with Crippen LogP contribution >= 0.6 is 23.2 Å². The van der Waals surface area contributed by atoms with Gasteiger partial charge >= 0.3 is 0 Å². The van der Waals surface area contributed by atoms with Gasteiger partial charge in [-0.25, -0.2) is 0 Å². The van der Waals surface area contributed by atoms with Gasteiger partial charge in [-0.15, -0.1) is 0 Å². The van der Waals surface area contributed by atoms with Crippen molar-refractivity contribution >= 4 is 28.9 Å². The van der Waals surface area contributed by atoms with Crippen molar-refractivity contribution in [3.8, 4) is 11.3 Å². The van der Waals surface area contributed by atoms with E-state index in [0.717, 1.165) is 29.0 Å². The van der Waals surface area contributed by atoms with E-state index in [-0.39, 0.29) is 6.04 Å². The number of halogens is 2. The van der Waals surface area contributed by atoms with Crippen LogP contribution in [0.25, 0.3) is 11.3 Å². The smallest absolute Gasteiger partial charge is 0.135 e. The average Bonchev–Trinajstić information content (AvgIpc) is 3.27. The summed E-state index contributed by atoms with van der Waals surface area (Å²) in [5.74, 6) is 1.53. The molecule has 0 spiro atoms. The molecule has 0 saturated carbocycles. The molecule has 1 aliphatic heterocycles. The molecule has 0 bridgehead atoms. The maximum absolute atomic E-state index is 6.25. The van der Waals surface area contributed by atoms with Crippen LogP contribution in [-0.2, 0) is 0 Å². The Hall–Kier alpha value is -2.23. The molecule has 0 fully saturated rings. The second-order valence-corrected chi connectivity index (χ2v) is 6.48. The Morgan fingerprint density at radius 1 is 1.00 bits per heavy atom. The zero-order valence-corrected chi connectivity index (χ0v) is 14.2. The summed E-state index contributed by atoms with van der Waals surface area (Å²) in [4.78, 5) is 0. The molecule has 5 heteroatoms. The van der Waals surface area contributed by atoms with Gasteiger partial charge in [-0.05, 0) is 35.9 Å². The number of nitrogens with one attached hydrogen (secondary N) is 1. The Morgan fingerprint density at radius 3 is 2.67 bits per heavy atom. The Morgan fingerprint density at radius 2 is 1.83 bits per heavy atom. The molecule has 4 rings (SSSR count). The highest BCUT2D eigenvalue weighted by molar-refractivity contribution is 6.35. The standard InChI is InChI=1S/C19H14Cl2N2O/c20-13-6-7-15(21)14(10-13)18-8-9-19(24-18)17-11-16(22-23-17)12-4-2-1-3-5-12/h1-10,17,23H,11H2. The van der Waals surface area contributed by atoms with Crippen molar-refractivity contribution in [2.75, 3.05) is 0 Å². The van der Waals surface area contributed by atoms with Gasteiger partial charge in [-0.3, -0.25) is 5.43 Å². The van der Waals surface area contributed by atoms with Crippen LogP contribution in [0.4, 0.5) is 0 Å². The summed E-state index contributed by atoms with van der Waals surface area (Å²) in [6.07, 6.45) is 0.778. The fourth-order valence-electron chi connectivity index (χ4n) is 2.79. The SMILES string of the molecule is Clc1ccc(Cl)c(-c2ccc(C3CC(c4ccccc4)=NN3)o2)c1. The predicted octanol–water partition coefficient (Wildman–Crippen LogP) is 5.69. The fourth-order valence-corrected chi connectivity index (χ4v) is 3.17. The number of hydrogen-bond acceptors (Lipinski definition) is 3. The molecule has 3 aromatic rings. The molecule has 120 valence electrons. The monoisotopic (exact) mass is 356 g/mol. The molecule has 1 unspecified atom stereocenters. The van der Waals surface area contributed by atoms with Crippen molar-refractivity contribution < 1.29 is 4.42 Å². The zero-order chi connectivity index (χ0) is 16.5. The lowest BCUT2D eigenvalue weighted by molar-refractivity contribution is 0.448. The fraction of sp³-hybridized carbons (Fsp3) is 0.105. The molecule has 0 radical (unpaired) electrons. The molecule has 1 atom stereocenters. The second kappa shape index (κ2) is 6.34. The molecule has 1 aromatic heterocycles. The molecule has 0 aliphatic carbocycles. The number of nitrogens with zero attached hydrogens (tertiary/aromatic N) is 1. The molecular weight excluding hydrogens is 343 g/mol. The summed E-state index contributed by atoms with van der Waals surface area (Å²) in [6, 6.07) is 19.4. The maximum atomic E-state index is 6.25. The average molecular weight is 357 g/mol. The van der Waals surface area contributed by atoms with Crippen molar-refractivity contribution in [1.29, 1.82) is 0 Å². The summed E-state index contributed by atoms with van der Waals surface area (Å²) in [7, 11) is 0. The van der Waals surface area contributed by atoms with E-state index >= 15 is 0 Å². The Balaban J connectivity index is 1.55. The van der Waals surface area contributed by atoms with Crippen molar-refractivity contribution in [2.45, 2.75) is 12.5 Å². The largest absolute Gasteiger partial charge is 0.459 e. The summed E-state index contributed by atoms with van der Waals surface area (Å²) in [5.41, 5.74) is 6.09. The quantitative estimate of drug-likeness (QED) is 0.654. The van der Waals surface area contributed by atoms with E-state index in [9.17, 15) is 0 Å². The number of hydrogen-bond donors (Lipinski definition) is 1. The van der Waals surface area contributed by atoms with Crippen LogP contribution in [-0.4, -0.2) is 5.71 Å². The Kier molecular flexibility index (Phi) is 4.05. The van der Waals surface area contributed by atoms with E-state index in [1.54, 1.807) is 18.2 Å². The summed E-state index contributed by atoms with van der Waals surface area (Å²) < 4.78 is 5.99. The van der Waals surface area contributed by atoms with Gasteiger partial charge in [0.05, 0.1) is 10.7 Å². The molecular formula is C19H14Cl2N2O. The first-order valence-corrected chi connectivity index (χ1v) is 8.39. The van der Waals surface area contributed by atoms with Crippen LogP contribution in [0.3, 0.4) is 0 Å². The van der Waals surface area contributed by atoms with E-state index in [4.69, 9.17) is 27.6 Å². The van der Waals surface area contributed by atoms with Crippen LogP contribution in [0.2, 0.25) is 10.0 Å². The molecule has 2 heterocycles. The lowest BCUT2D eigenvalue weighted by atomic mass is 10.0. The lowest BCUT2D eigenvalue weighted by Crippen LogP contribution is -2.08. The van der Waals surface area contributed by atoms with Crippen LogP contribution in [0.5, 0.6) is 0 Å². The van der Waals surface area contributed by atoms with Crippen molar-refractivity contribution in [3.63, 3.8) is 0 Å². The highest BCUT2D eigenvalue weighted by Crippen LogP contribution is 2.34. The third-order valence-corrected chi connectivity index (χ3v) is 4.59. The van der Waals surface area contributed by atoms with Gasteiger partial charge < -0.3 is 4.42 Å². The van der Waals surface area contributed by atoms with E-state index in [0.29, 0.717) is 15.8 Å². The summed E-state index contributed by atoms with van der Waals surface area (Å²) >= 11 is 12.3. The molecule has 0 saturated heterocycles. The van der Waals surface area contributed by atoms with Gasteiger partial charge in [0.25, 0.3) is 0 Å². The molecule has 3 nitrogen and oxygen atoms in total. The van der Waals surface area contributed by atoms with Crippen molar-refractivity contribution in [3.05, 3.63) is 82.0 Å². The van der Waals surface area contributed by atoms with Crippen LogP contribution in [0.1, 0.15) is 23.8 Å². The third kappa shape index (κ3) is 2.93. The topological polar surface area (TPSA) is 37.5 Å². The number of hydrazone groups is 1. The first-order valence-electron chi connectivity index (χ1n) is 7.63. The molecule has 24 heavy (non-hydrogen) atoms. The predicted molar refractivity (Wildman–Crippen MR) is 97.6 cm³/mol. The van der Waals surface area contributed by atoms with Gasteiger partial charge in [0, 0.05) is 17.0 Å². The van der Waals surface area contributed by atoms with Crippen molar-refractivity contribution in [1.82, 2.24) is 5.43 Å². The molecule has 0 amide bonds. The van der Waals surface area contributed by atoms with E-state index in [1.165, 1.54) is 0 Å². The van der Waals surface area contributed by atoms with E-state index in [2.05, 4.69) is 22.7 Å². The third-order valence-electron chi connectivity index (χ3n) is 4.02. The number of benzene rings is 2. The minimum absolute atomic E-state index is 0.0203. The number of rotatable bonds is 3. The van der Waals surface area contributed by atoms with Gasteiger partial charge in [0.15, 0.2) is 0 Å². The Labute approximate surface area is 149 Å². The highest BCUT2D eigenvalue weighted by atomic mass is 35.5. The lowest BCUT2D eigenvalue weighted by Gasteiger charge is -2.06. The van der Waals surface area contributed by atoms with E-state index in [1.807, 2.05) is 30.3 Å². The molecule has 2 aromatic carbocycles. The van der Waals surface area contributed by atoms with Crippen LogP contribution < -0.4 is 5.43 Å². The van der Waals surface area contributed by atoms with Crippen molar-refractivity contribution in [2.24, 2.45) is 5.10 Å².